The third-order valence-corrected chi connectivity index (χ3v) is 2.08. The van der Waals surface area contributed by atoms with Crippen LogP contribution in [0.25, 0.3) is 0 Å². The second-order valence-corrected chi connectivity index (χ2v) is 3.39. The normalized spacial score (nSPS) is 10.0. The summed E-state index contributed by atoms with van der Waals surface area (Å²) in [5.41, 5.74) is 6.66. The van der Waals surface area contributed by atoms with Gasteiger partial charge in [0.2, 0.25) is 5.91 Å². The maximum Gasteiger partial charge on any atom is 0.221 e. The largest absolute Gasteiger partial charge is 0.505 e. The van der Waals surface area contributed by atoms with Crippen LogP contribution in [0.3, 0.4) is 0 Å². The fourth-order valence-corrected chi connectivity index (χ4v) is 1.38. The average Bonchev–Trinajstić information content (AvgIpc) is 2.19. The van der Waals surface area contributed by atoms with E-state index >= 15 is 0 Å². The molecule has 0 saturated heterocycles. The van der Waals surface area contributed by atoms with E-state index < -0.39 is 0 Å². The number of phenolic OH excluding ortho intramolecular Hbond substituents is 1. The number of benzene rings is 1. The highest BCUT2D eigenvalue weighted by Crippen LogP contribution is 2.28. The molecule has 4 N–H and O–H groups in total. The molecular formula is C11H16N2O2. The lowest BCUT2D eigenvalue weighted by Crippen LogP contribution is -2.07. The van der Waals surface area contributed by atoms with Gasteiger partial charge >= 0.3 is 0 Å². The number of amides is 1. The molecule has 82 valence electrons. The van der Waals surface area contributed by atoms with Gasteiger partial charge in [-0.15, -0.1) is 0 Å². The monoisotopic (exact) mass is 208 g/mol. The SMILES string of the molecule is CC(=O)Nc1cccc(CCCN)c1O. The van der Waals surface area contributed by atoms with Gasteiger partial charge < -0.3 is 16.2 Å². The lowest BCUT2D eigenvalue weighted by molar-refractivity contribution is -0.114. The molecule has 4 heteroatoms. The van der Waals surface area contributed by atoms with Crippen molar-refractivity contribution >= 4 is 11.6 Å². The van der Waals surface area contributed by atoms with Crippen LogP contribution in [-0.2, 0) is 11.2 Å². The van der Waals surface area contributed by atoms with E-state index in [1.54, 1.807) is 12.1 Å². The van der Waals surface area contributed by atoms with E-state index in [2.05, 4.69) is 5.32 Å². The molecule has 1 rings (SSSR count). The van der Waals surface area contributed by atoms with Crippen LogP contribution in [0.5, 0.6) is 5.75 Å². The summed E-state index contributed by atoms with van der Waals surface area (Å²) in [7, 11) is 0. The Kier molecular flexibility index (Phi) is 4.12. The predicted octanol–water partition coefficient (Wildman–Crippen LogP) is 1.24. The lowest BCUT2D eigenvalue weighted by Gasteiger charge is -2.09. The maximum absolute atomic E-state index is 10.8. The van der Waals surface area contributed by atoms with Gasteiger partial charge in [-0.2, -0.15) is 0 Å². The number of nitrogens with two attached hydrogens (primary N) is 1. The van der Waals surface area contributed by atoms with Gasteiger partial charge in [-0.25, -0.2) is 0 Å². The Morgan fingerprint density at radius 2 is 2.27 bits per heavy atom. The van der Waals surface area contributed by atoms with Crippen molar-refractivity contribution in [2.24, 2.45) is 5.73 Å². The molecule has 4 nitrogen and oxygen atoms in total. The molecule has 1 amide bonds. The number of aromatic hydroxyl groups is 1. The van der Waals surface area contributed by atoms with Crippen molar-refractivity contribution in [1.29, 1.82) is 0 Å². The van der Waals surface area contributed by atoms with Crippen molar-refractivity contribution in [3.05, 3.63) is 23.8 Å². The van der Waals surface area contributed by atoms with E-state index in [4.69, 9.17) is 5.73 Å². The van der Waals surface area contributed by atoms with E-state index in [1.165, 1.54) is 6.92 Å². The molecule has 0 heterocycles. The number of carbonyl (C=O) groups is 1. The Balaban J connectivity index is 2.85. The first-order valence-corrected chi connectivity index (χ1v) is 4.93. The van der Waals surface area contributed by atoms with E-state index in [-0.39, 0.29) is 11.7 Å². The molecule has 1 aromatic carbocycles. The molecule has 1 aromatic rings. The third kappa shape index (κ3) is 3.25. The Morgan fingerprint density at radius 3 is 2.87 bits per heavy atom. The molecule has 0 aromatic heterocycles. The van der Waals surface area contributed by atoms with Gasteiger partial charge in [-0.3, -0.25) is 4.79 Å². The molecule has 0 aliphatic heterocycles. The van der Waals surface area contributed by atoms with Crippen LogP contribution in [-0.4, -0.2) is 17.6 Å². The number of anilines is 1. The zero-order chi connectivity index (χ0) is 11.3. The standard InChI is InChI=1S/C11H16N2O2/c1-8(14)13-10-6-2-4-9(11(10)15)5-3-7-12/h2,4,6,15H,3,5,7,12H2,1H3,(H,13,14). The highest BCUT2D eigenvalue weighted by molar-refractivity contribution is 5.90. The molecule has 0 unspecified atom stereocenters. The quantitative estimate of drug-likeness (QED) is 0.652. The van der Waals surface area contributed by atoms with E-state index in [0.29, 0.717) is 12.2 Å². The van der Waals surface area contributed by atoms with Gasteiger partial charge in [0, 0.05) is 6.92 Å². The van der Waals surface area contributed by atoms with Crippen LogP contribution in [0.15, 0.2) is 18.2 Å². The number of rotatable bonds is 4. The van der Waals surface area contributed by atoms with Crippen LogP contribution in [0.2, 0.25) is 0 Å². The summed E-state index contributed by atoms with van der Waals surface area (Å²) in [6.45, 7) is 2.00. The summed E-state index contributed by atoms with van der Waals surface area (Å²) in [5, 5.41) is 12.4. The first-order chi connectivity index (χ1) is 7.15. The van der Waals surface area contributed by atoms with Gasteiger partial charge in [0.1, 0.15) is 5.75 Å². The van der Waals surface area contributed by atoms with Crippen LogP contribution < -0.4 is 11.1 Å². The Morgan fingerprint density at radius 1 is 1.53 bits per heavy atom. The fourth-order valence-electron chi connectivity index (χ4n) is 1.38. The van der Waals surface area contributed by atoms with Gasteiger partial charge in [0.25, 0.3) is 0 Å². The number of para-hydroxylation sites is 1. The summed E-state index contributed by atoms with van der Waals surface area (Å²) in [4.78, 5) is 10.8. The minimum Gasteiger partial charge on any atom is -0.505 e. The number of hydrogen-bond donors (Lipinski definition) is 3. The zero-order valence-electron chi connectivity index (χ0n) is 8.79. The summed E-state index contributed by atoms with van der Waals surface area (Å²) in [6.07, 6.45) is 1.53. The first kappa shape index (κ1) is 11.5. The van der Waals surface area contributed by atoms with Crippen molar-refractivity contribution < 1.29 is 9.90 Å². The molecule has 0 atom stereocenters. The summed E-state index contributed by atoms with van der Waals surface area (Å²) >= 11 is 0. The van der Waals surface area contributed by atoms with Crippen molar-refractivity contribution in [3.63, 3.8) is 0 Å². The van der Waals surface area contributed by atoms with Gasteiger partial charge in [-0.1, -0.05) is 12.1 Å². The van der Waals surface area contributed by atoms with Crippen LogP contribution >= 0.6 is 0 Å². The Hall–Kier alpha value is -1.55. The number of carbonyl (C=O) groups excluding carboxylic acids is 1. The van der Waals surface area contributed by atoms with E-state index in [1.807, 2.05) is 6.07 Å². The highest BCUT2D eigenvalue weighted by Gasteiger charge is 2.07. The molecular weight excluding hydrogens is 192 g/mol. The predicted molar refractivity (Wildman–Crippen MR) is 59.8 cm³/mol. The molecule has 0 radical (unpaired) electrons. The minimum absolute atomic E-state index is 0.140. The number of hydrogen-bond acceptors (Lipinski definition) is 3. The van der Waals surface area contributed by atoms with E-state index in [0.717, 1.165) is 18.4 Å². The van der Waals surface area contributed by atoms with Crippen molar-refractivity contribution in [2.45, 2.75) is 19.8 Å². The summed E-state index contributed by atoms with van der Waals surface area (Å²) < 4.78 is 0. The topological polar surface area (TPSA) is 75.4 Å². The van der Waals surface area contributed by atoms with Gasteiger partial charge in [-0.05, 0) is 31.0 Å². The maximum atomic E-state index is 10.8. The van der Waals surface area contributed by atoms with Crippen molar-refractivity contribution in [1.82, 2.24) is 0 Å². The summed E-state index contributed by atoms with van der Waals surface area (Å²) in [5.74, 6) is -0.0533. The van der Waals surface area contributed by atoms with E-state index in [9.17, 15) is 9.90 Å². The lowest BCUT2D eigenvalue weighted by atomic mass is 10.1. The van der Waals surface area contributed by atoms with Gasteiger partial charge in [0.05, 0.1) is 5.69 Å². The fraction of sp³-hybridized carbons (Fsp3) is 0.364. The third-order valence-electron chi connectivity index (χ3n) is 2.08. The molecule has 0 fully saturated rings. The average molecular weight is 208 g/mol. The number of nitrogens with one attached hydrogen (secondary N) is 1. The molecule has 0 spiro atoms. The smallest absolute Gasteiger partial charge is 0.221 e. The molecule has 15 heavy (non-hydrogen) atoms. The number of aryl methyl sites for hydroxylation is 1. The molecule has 0 bridgehead atoms. The van der Waals surface area contributed by atoms with Gasteiger partial charge in [0.15, 0.2) is 0 Å². The highest BCUT2D eigenvalue weighted by atomic mass is 16.3. The molecule has 0 aliphatic rings. The zero-order valence-corrected chi connectivity index (χ0v) is 8.79. The second-order valence-electron chi connectivity index (χ2n) is 3.39. The van der Waals surface area contributed by atoms with Crippen molar-refractivity contribution in [3.8, 4) is 5.75 Å². The Bertz CT molecular complexity index is 350. The summed E-state index contributed by atoms with van der Waals surface area (Å²) in [6, 6.07) is 5.30. The van der Waals surface area contributed by atoms with Crippen LogP contribution in [0.1, 0.15) is 18.9 Å². The minimum atomic E-state index is -0.193. The molecule has 0 saturated carbocycles. The van der Waals surface area contributed by atoms with Crippen LogP contribution in [0.4, 0.5) is 5.69 Å². The van der Waals surface area contributed by atoms with Crippen LogP contribution in [0, 0.1) is 0 Å². The number of phenols is 1. The Labute approximate surface area is 89.1 Å². The van der Waals surface area contributed by atoms with Crippen molar-refractivity contribution in [2.75, 3.05) is 11.9 Å². The second kappa shape index (κ2) is 5.36. The molecule has 0 aliphatic carbocycles. The first-order valence-electron chi connectivity index (χ1n) is 4.93.